The van der Waals surface area contributed by atoms with Crippen molar-refractivity contribution in [2.24, 2.45) is 0 Å². The molecule has 1 N–H and O–H groups in total. The molecule has 1 heterocycles. The third kappa shape index (κ3) is 3.07. The normalized spacial score (nSPS) is 10.0. The van der Waals surface area contributed by atoms with Crippen molar-refractivity contribution in [2.45, 2.75) is 6.54 Å². The Kier molecular flexibility index (Phi) is 3.77. The number of rotatable bonds is 4. The molecule has 0 aliphatic heterocycles. The molecule has 0 bridgehead atoms. The van der Waals surface area contributed by atoms with Gasteiger partial charge in [-0.05, 0) is 17.7 Å². The summed E-state index contributed by atoms with van der Waals surface area (Å²) in [5, 5.41) is 3.65. The molecule has 0 unspecified atom stereocenters. The Balaban J connectivity index is 2.05. The molecule has 5 heteroatoms. The number of methoxy groups -OCH3 is 1. The van der Waals surface area contributed by atoms with Crippen LogP contribution in [0.3, 0.4) is 0 Å². The van der Waals surface area contributed by atoms with E-state index in [-0.39, 0.29) is 0 Å². The van der Waals surface area contributed by atoms with E-state index < -0.39 is 0 Å². The molecule has 4 nitrogen and oxygen atoms in total. The van der Waals surface area contributed by atoms with E-state index in [0.29, 0.717) is 17.4 Å². The second-order valence-electron chi connectivity index (χ2n) is 3.42. The summed E-state index contributed by atoms with van der Waals surface area (Å²) in [5.74, 6) is 1.46. The quantitative estimate of drug-likeness (QED) is 0.905. The predicted octanol–water partition coefficient (Wildman–Crippen LogP) is 2.75. The van der Waals surface area contributed by atoms with E-state index in [1.807, 2.05) is 24.3 Å². The summed E-state index contributed by atoms with van der Waals surface area (Å²) in [7, 11) is 1.65. The zero-order chi connectivity index (χ0) is 12.1. The maximum atomic E-state index is 5.94. The van der Waals surface area contributed by atoms with Gasteiger partial charge < -0.3 is 10.1 Å². The van der Waals surface area contributed by atoms with Gasteiger partial charge in [0.25, 0.3) is 0 Å². The standard InChI is InChI=1S/C12H12ClN3O/c1-17-10-4-2-3-9(5-10)6-15-12-11(13)7-14-8-16-12/h2-5,7-8H,6H2,1H3,(H,14,15,16). The van der Waals surface area contributed by atoms with Crippen molar-refractivity contribution < 1.29 is 4.74 Å². The average molecular weight is 250 g/mol. The van der Waals surface area contributed by atoms with E-state index in [4.69, 9.17) is 16.3 Å². The van der Waals surface area contributed by atoms with Crippen molar-refractivity contribution in [3.8, 4) is 5.75 Å². The smallest absolute Gasteiger partial charge is 0.148 e. The zero-order valence-corrected chi connectivity index (χ0v) is 10.1. The molecule has 0 radical (unpaired) electrons. The van der Waals surface area contributed by atoms with E-state index in [9.17, 15) is 0 Å². The average Bonchev–Trinajstić information content (AvgIpc) is 2.38. The van der Waals surface area contributed by atoms with Gasteiger partial charge in [0.2, 0.25) is 0 Å². The van der Waals surface area contributed by atoms with Gasteiger partial charge in [-0.15, -0.1) is 0 Å². The number of aromatic nitrogens is 2. The van der Waals surface area contributed by atoms with Crippen LogP contribution in [0.4, 0.5) is 5.82 Å². The third-order valence-electron chi connectivity index (χ3n) is 2.26. The van der Waals surface area contributed by atoms with Crippen LogP contribution in [0.5, 0.6) is 5.75 Å². The fraction of sp³-hybridized carbons (Fsp3) is 0.167. The minimum absolute atomic E-state index is 0.510. The number of hydrogen-bond acceptors (Lipinski definition) is 4. The minimum atomic E-state index is 0.510. The molecular weight excluding hydrogens is 238 g/mol. The molecule has 1 aromatic heterocycles. The highest BCUT2D eigenvalue weighted by molar-refractivity contribution is 6.32. The van der Waals surface area contributed by atoms with Gasteiger partial charge in [0, 0.05) is 6.54 Å². The van der Waals surface area contributed by atoms with E-state index in [1.165, 1.54) is 6.33 Å². The summed E-state index contributed by atoms with van der Waals surface area (Å²) in [6, 6.07) is 7.81. The first-order valence-corrected chi connectivity index (χ1v) is 5.49. The summed E-state index contributed by atoms with van der Waals surface area (Å²) >= 11 is 5.94. The minimum Gasteiger partial charge on any atom is -0.497 e. The number of ether oxygens (including phenoxy) is 1. The number of anilines is 1. The highest BCUT2D eigenvalue weighted by Crippen LogP contribution is 2.18. The fourth-order valence-electron chi connectivity index (χ4n) is 1.41. The summed E-state index contributed by atoms with van der Waals surface area (Å²) in [6.45, 7) is 0.633. The van der Waals surface area contributed by atoms with Gasteiger partial charge in [-0.3, -0.25) is 0 Å². The Bertz CT molecular complexity index is 505. The topological polar surface area (TPSA) is 47.0 Å². The molecule has 0 saturated carbocycles. The fourth-order valence-corrected chi connectivity index (χ4v) is 1.58. The molecule has 2 aromatic rings. The van der Waals surface area contributed by atoms with E-state index in [0.717, 1.165) is 11.3 Å². The van der Waals surface area contributed by atoms with Crippen molar-refractivity contribution in [1.29, 1.82) is 0 Å². The lowest BCUT2D eigenvalue weighted by atomic mass is 10.2. The van der Waals surface area contributed by atoms with E-state index >= 15 is 0 Å². The van der Waals surface area contributed by atoms with Crippen molar-refractivity contribution in [3.05, 3.63) is 47.4 Å². The highest BCUT2D eigenvalue weighted by Gasteiger charge is 2.01. The van der Waals surface area contributed by atoms with Crippen LogP contribution in [-0.2, 0) is 6.54 Å². The monoisotopic (exact) mass is 249 g/mol. The number of benzene rings is 1. The number of nitrogens with one attached hydrogen (secondary N) is 1. The van der Waals surface area contributed by atoms with Gasteiger partial charge in [-0.1, -0.05) is 23.7 Å². The second-order valence-corrected chi connectivity index (χ2v) is 3.83. The lowest BCUT2D eigenvalue weighted by Crippen LogP contribution is -2.02. The van der Waals surface area contributed by atoms with Crippen molar-refractivity contribution >= 4 is 17.4 Å². The van der Waals surface area contributed by atoms with Crippen LogP contribution in [0.25, 0.3) is 0 Å². The maximum absolute atomic E-state index is 5.94. The van der Waals surface area contributed by atoms with Crippen molar-refractivity contribution in [3.63, 3.8) is 0 Å². The molecule has 0 saturated heterocycles. The van der Waals surface area contributed by atoms with Gasteiger partial charge in [-0.25, -0.2) is 9.97 Å². The molecule has 0 fully saturated rings. The Morgan fingerprint density at radius 1 is 1.41 bits per heavy atom. The van der Waals surface area contributed by atoms with Crippen molar-refractivity contribution in [1.82, 2.24) is 9.97 Å². The predicted molar refractivity (Wildman–Crippen MR) is 67.4 cm³/mol. The molecule has 0 spiro atoms. The zero-order valence-electron chi connectivity index (χ0n) is 9.35. The molecule has 0 aliphatic rings. The van der Waals surface area contributed by atoms with Gasteiger partial charge in [0.15, 0.2) is 0 Å². The lowest BCUT2D eigenvalue weighted by Gasteiger charge is -2.07. The van der Waals surface area contributed by atoms with Crippen LogP contribution in [-0.4, -0.2) is 17.1 Å². The van der Waals surface area contributed by atoms with Gasteiger partial charge in [0.1, 0.15) is 22.9 Å². The molecule has 0 atom stereocenters. The van der Waals surface area contributed by atoms with Crippen molar-refractivity contribution in [2.75, 3.05) is 12.4 Å². The van der Waals surface area contributed by atoms with Crippen LogP contribution in [0, 0.1) is 0 Å². The van der Waals surface area contributed by atoms with E-state index in [1.54, 1.807) is 13.3 Å². The Morgan fingerprint density at radius 2 is 2.29 bits per heavy atom. The van der Waals surface area contributed by atoms with Gasteiger partial charge in [-0.2, -0.15) is 0 Å². The second kappa shape index (κ2) is 5.50. The first-order chi connectivity index (χ1) is 8.29. The van der Waals surface area contributed by atoms with Crippen LogP contribution in [0.2, 0.25) is 5.02 Å². The first-order valence-electron chi connectivity index (χ1n) is 5.12. The molecule has 88 valence electrons. The van der Waals surface area contributed by atoms with Crippen LogP contribution >= 0.6 is 11.6 Å². The SMILES string of the molecule is COc1cccc(CNc2ncncc2Cl)c1. The molecule has 2 rings (SSSR count). The molecule has 1 aromatic carbocycles. The van der Waals surface area contributed by atoms with Crippen LogP contribution in [0.15, 0.2) is 36.8 Å². The Morgan fingerprint density at radius 3 is 3.06 bits per heavy atom. The Labute approximate surface area is 105 Å². The molecular formula is C12H12ClN3O. The largest absolute Gasteiger partial charge is 0.497 e. The van der Waals surface area contributed by atoms with Crippen LogP contribution in [0.1, 0.15) is 5.56 Å². The molecule has 17 heavy (non-hydrogen) atoms. The molecule has 0 amide bonds. The summed E-state index contributed by atoms with van der Waals surface area (Å²) in [4.78, 5) is 7.87. The first kappa shape index (κ1) is 11.7. The lowest BCUT2D eigenvalue weighted by molar-refractivity contribution is 0.414. The van der Waals surface area contributed by atoms with Gasteiger partial charge in [0.05, 0.1) is 13.3 Å². The summed E-state index contributed by atoms with van der Waals surface area (Å²) in [5.41, 5.74) is 1.10. The summed E-state index contributed by atoms with van der Waals surface area (Å²) < 4.78 is 5.15. The van der Waals surface area contributed by atoms with Gasteiger partial charge >= 0.3 is 0 Å². The van der Waals surface area contributed by atoms with Crippen LogP contribution < -0.4 is 10.1 Å². The molecule has 0 aliphatic carbocycles. The number of hydrogen-bond donors (Lipinski definition) is 1. The Hall–Kier alpha value is -1.81. The highest BCUT2D eigenvalue weighted by atomic mass is 35.5. The number of nitrogens with zero attached hydrogens (tertiary/aromatic N) is 2. The maximum Gasteiger partial charge on any atom is 0.148 e. The third-order valence-corrected chi connectivity index (χ3v) is 2.54. The van der Waals surface area contributed by atoms with E-state index in [2.05, 4.69) is 15.3 Å². The number of halogens is 1. The summed E-state index contributed by atoms with van der Waals surface area (Å²) in [6.07, 6.45) is 3.02.